The summed E-state index contributed by atoms with van der Waals surface area (Å²) in [6.07, 6.45) is 6.24. The average molecular weight is 437 g/mol. The molecule has 0 saturated heterocycles. The quantitative estimate of drug-likeness (QED) is 0.291. The molecule has 0 amide bonds. The smallest absolute Gasteiger partial charge is 0.265 e. The summed E-state index contributed by atoms with van der Waals surface area (Å²) in [5, 5.41) is 14.4. The number of aliphatic imine (C=N–C) groups is 1. The molecule has 7 nitrogen and oxygen atoms in total. The summed E-state index contributed by atoms with van der Waals surface area (Å²) in [6, 6.07) is 9.85. The highest BCUT2D eigenvalue weighted by Gasteiger charge is 2.45. The van der Waals surface area contributed by atoms with E-state index in [1.165, 1.54) is 16.5 Å². The first-order valence-electron chi connectivity index (χ1n) is 10.2. The van der Waals surface area contributed by atoms with Gasteiger partial charge in [-0.15, -0.1) is 0 Å². The molecule has 1 aliphatic carbocycles. The molecule has 0 unspecified atom stereocenters. The Hall–Kier alpha value is -3.67. The number of halogens is 2. The van der Waals surface area contributed by atoms with Gasteiger partial charge in [0.15, 0.2) is 12.5 Å². The monoisotopic (exact) mass is 437 g/mol. The molecule has 0 N–H and O–H groups in total. The number of fused-ring (bicyclic) bond motifs is 1. The minimum Gasteiger partial charge on any atom is -0.275 e. The largest absolute Gasteiger partial charge is 0.275 e. The average Bonchev–Trinajstić information content (AvgIpc) is 3.48. The van der Waals surface area contributed by atoms with E-state index in [9.17, 15) is 14.0 Å². The van der Waals surface area contributed by atoms with Crippen LogP contribution in [0.15, 0.2) is 41.7 Å². The Morgan fingerprint density at radius 2 is 2.16 bits per heavy atom. The minimum atomic E-state index is -2.75. The molecule has 0 spiro atoms. The van der Waals surface area contributed by atoms with E-state index >= 15 is 0 Å². The predicted molar refractivity (Wildman–Crippen MR) is 117 cm³/mol. The van der Waals surface area contributed by atoms with Crippen LogP contribution >= 0.6 is 0 Å². The third-order valence-corrected chi connectivity index (χ3v) is 5.65. The van der Waals surface area contributed by atoms with Gasteiger partial charge < -0.3 is 0 Å². The molecule has 32 heavy (non-hydrogen) atoms. The van der Waals surface area contributed by atoms with Crippen LogP contribution in [0.25, 0.3) is 10.9 Å². The van der Waals surface area contributed by atoms with Gasteiger partial charge >= 0.3 is 0 Å². The third kappa shape index (κ3) is 4.35. The summed E-state index contributed by atoms with van der Waals surface area (Å²) >= 11 is 0. The fourth-order valence-corrected chi connectivity index (χ4v) is 3.51. The summed E-state index contributed by atoms with van der Waals surface area (Å²) in [4.78, 5) is 14.0. The van der Waals surface area contributed by atoms with E-state index in [4.69, 9.17) is 4.84 Å². The Bertz CT molecular complexity index is 1250. The first-order chi connectivity index (χ1) is 15.2. The number of hydrogen-bond donors (Lipinski definition) is 0. The molecule has 1 aromatic carbocycles. The van der Waals surface area contributed by atoms with Gasteiger partial charge in [0, 0.05) is 35.4 Å². The van der Waals surface area contributed by atoms with E-state index in [1.54, 1.807) is 24.7 Å². The van der Waals surface area contributed by atoms with Gasteiger partial charge in [0.1, 0.15) is 7.11 Å². The van der Waals surface area contributed by atoms with E-state index in [-0.39, 0.29) is 13.0 Å². The maximum atomic E-state index is 13.2. The van der Waals surface area contributed by atoms with Gasteiger partial charge in [0.25, 0.3) is 5.69 Å². The zero-order valence-corrected chi connectivity index (χ0v) is 17.9. The molecule has 0 aliphatic heterocycles. The van der Waals surface area contributed by atoms with E-state index < -0.39 is 11.3 Å². The van der Waals surface area contributed by atoms with E-state index in [1.807, 2.05) is 18.2 Å². The fraction of sp³-hybridized carbons (Fsp3) is 0.348. The van der Waals surface area contributed by atoms with Gasteiger partial charge in [-0.3, -0.25) is 9.52 Å². The van der Waals surface area contributed by atoms with Crippen LogP contribution in [-0.2, 0) is 16.8 Å². The summed E-state index contributed by atoms with van der Waals surface area (Å²) in [6.45, 7) is 4.88. The van der Waals surface area contributed by atoms with Crippen LogP contribution in [0.5, 0.6) is 0 Å². The fourth-order valence-electron chi connectivity index (χ4n) is 3.51. The van der Waals surface area contributed by atoms with Crippen LogP contribution in [0.3, 0.4) is 0 Å². The number of aryl methyl sites for hydroxylation is 1. The molecule has 164 valence electrons. The van der Waals surface area contributed by atoms with Crippen molar-refractivity contribution in [3.8, 4) is 6.07 Å². The van der Waals surface area contributed by atoms with Crippen LogP contribution in [0, 0.1) is 11.3 Å². The van der Waals surface area contributed by atoms with Crippen molar-refractivity contribution in [1.82, 2.24) is 14.8 Å². The van der Waals surface area contributed by atoms with Crippen molar-refractivity contribution < 1.29 is 18.4 Å². The molecule has 0 bridgehead atoms. The molecule has 0 atom stereocenters. The van der Waals surface area contributed by atoms with E-state index in [2.05, 4.69) is 27.9 Å². The zero-order valence-electron chi connectivity index (χ0n) is 17.9. The standard InChI is InChI=1S/C23H23F2N6O/c1-22(24,25)8-9-31-20-14-28-21(10-17(20)13-29-31)27-12-16-4-5-18(23(15-26)6-7-23)11-19(16)30(2)32-3/h4-5,10-14H,2,6-9H2,1,3H3/q+1. The second-order valence-electron chi connectivity index (χ2n) is 8.08. The maximum absolute atomic E-state index is 13.2. The Labute approximate surface area is 184 Å². The summed E-state index contributed by atoms with van der Waals surface area (Å²) in [5.74, 6) is -2.29. The van der Waals surface area contributed by atoms with Crippen molar-refractivity contribution in [2.75, 3.05) is 7.11 Å². The molecule has 1 saturated carbocycles. The maximum Gasteiger partial charge on any atom is 0.265 e. The van der Waals surface area contributed by atoms with Gasteiger partial charge in [-0.2, -0.15) is 10.4 Å². The molecule has 1 fully saturated rings. The number of benzene rings is 1. The van der Waals surface area contributed by atoms with Gasteiger partial charge in [0.2, 0.25) is 5.92 Å². The molecule has 2 heterocycles. The number of nitriles is 1. The normalized spacial score (nSPS) is 15.1. The number of alkyl halides is 2. The van der Waals surface area contributed by atoms with Crippen molar-refractivity contribution in [3.63, 3.8) is 0 Å². The highest BCUT2D eigenvalue weighted by molar-refractivity contribution is 5.88. The number of nitrogens with zero attached hydrogens (tertiary/aromatic N) is 6. The van der Waals surface area contributed by atoms with Crippen molar-refractivity contribution in [2.24, 2.45) is 4.99 Å². The highest BCUT2D eigenvalue weighted by atomic mass is 19.3. The summed E-state index contributed by atoms with van der Waals surface area (Å²) in [7, 11) is 1.51. The molecular weight excluding hydrogens is 414 g/mol. The molecular formula is C23H23F2N6O+. The second kappa shape index (κ2) is 8.11. The van der Waals surface area contributed by atoms with Gasteiger partial charge in [-0.1, -0.05) is 6.07 Å². The number of pyridine rings is 1. The summed E-state index contributed by atoms with van der Waals surface area (Å²) < 4.78 is 29.2. The van der Waals surface area contributed by atoms with Crippen molar-refractivity contribution in [3.05, 3.63) is 47.8 Å². The van der Waals surface area contributed by atoms with Crippen LogP contribution < -0.4 is 0 Å². The van der Waals surface area contributed by atoms with Crippen molar-refractivity contribution in [2.45, 2.75) is 44.1 Å². The lowest BCUT2D eigenvalue weighted by molar-refractivity contribution is -0.714. The van der Waals surface area contributed by atoms with E-state index in [0.29, 0.717) is 17.0 Å². The molecule has 1 aliphatic rings. The number of hydrogen-bond acceptors (Lipinski definition) is 5. The summed E-state index contributed by atoms with van der Waals surface area (Å²) in [5.41, 5.74) is 2.62. The molecule has 3 aromatic rings. The van der Waals surface area contributed by atoms with Gasteiger partial charge in [-0.05, 0) is 37.5 Å². The lowest BCUT2D eigenvalue weighted by Crippen LogP contribution is -2.14. The van der Waals surface area contributed by atoms with Gasteiger partial charge in [0.05, 0.1) is 35.0 Å². The molecule has 4 rings (SSSR count). The number of aromatic nitrogens is 3. The lowest BCUT2D eigenvalue weighted by atomic mass is 9.96. The lowest BCUT2D eigenvalue weighted by Gasteiger charge is -2.10. The Morgan fingerprint density at radius 1 is 1.38 bits per heavy atom. The van der Waals surface area contributed by atoms with Crippen LogP contribution in [0.4, 0.5) is 20.3 Å². The first kappa shape index (κ1) is 21.6. The molecule has 9 heteroatoms. The number of rotatable bonds is 8. The zero-order chi connectivity index (χ0) is 22.9. The molecule has 2 aromatic heterocycles. The Kier molecular flexibility index (Phi) is 5.46. The van der Waals surface area contributed by atoms with Crippen LogP contribution in [-0.4, -0.2) is 45.5 Å². The molecule has 0 radical (unpaired) electrons. The highest BCUT2D eigenvalue weighted by Crippen LogP contribution is 2.48. The van der Waals surface area contributed by atoms with Crippen LogP contribution in [0.2, 0.25) is 0 Å². The second-order valence-corrected chi connectivity index (χ2v) is 8.08. The van der Waals surface area contributed by atoms with E-state index in [0.717, 1.165) is 36.3 Å². The topological polar surface area (TPSA) is 79.1 Å². The van der Waals surface area contributed by atoms with Crippen molar-refractivity contribution in [1.29, 1.82) is 5.26 Å². The third-order valence-electron chi connectivity index (χ3n) is 5.65. The van der Waals surface area contributed by atoms with Crippen LogP contribution in [0.1, 0.15) is 37.3 Å². The Balaban J connectivity index is 1.60. The Morgan fingerprint density at radius 3 is 2.81 bits per heavy atom. The predicted octanol–water partition coefficient (Wildman–Crippen LogP) is 4.69. The van der Waals surface area contributed by atoms with Gasteiger partial charge in [-0.25, -0.2) is 18.8 Å². The minimum absolute atomic E-state index is 0.105. The van der Waals surface area contributed by atoms with Crippen molar-refractivity contribution >= 4 is 35.3 Å². The SMILES string of the molecule is C=[N+](OC)c1cc(C2(C#N)CC2)ccc1C=Nc1cc2cnn(CCC(C)(F)F)c2cn1. The first-order valence-corrected chi connectivity index (χ1v) is 10.2.